The van der Waals surface area contributed by atoms with Gasteiger partial charge in [0.05, 0.1) is 11.3 Å². The van der Waals surface area contributed by atoms with E-state index in [0.29, 0.717) is 34.5 Å². The maximum absolute atomic E-state index is 12.7. The molecule has 6 heteroatoms. The van der Waals surface area contributed by atoms with E-state index in [1.54, 1.807) is 25.1 Å². The Bertz CT molecular complexity index is 819. The van der Waals surface area contributed by atoms with Crippen molar-refractivity contribution in [2.75, 3.05) is 18.4 Å². The fraction of sp³-hybridized carbons (Fsp3) is 0.368. The van der Waals surface area contributed by atoms with E-state index < -0.39 is 0 Å². The molecule has 2 heterocycles. The highest BCUT2D eigenvalue weighted by Crippen LogP contribution is 2.21. The van der Waals surface area contributed by atoms with Crippen LogP contribution in [0.2, 0.25) is 0 Å². The molecule has 128 valence electrons. The van der Waals surface area contributed by atoms with Crippen molar-refractivity contribution < 1.29 is 4.79 Å². The lowest BCUT2D eigenvalue weighted by Crippen LogP contribution is -2.38. The molecular weight excluding hydrogens is 314 g/mol. The molecule has 0 spiro atoms. The Labute approximate surface area is 147 Å². The lowest BCUT2D eigenvalue weighted by atomic mass is 9.99. The molecule has 0 atom stereocenters. The van der Waals surface area contributed by atoms with Gasteiger partial charge in [0.25, 0.3) is 5.91 Å². The van der Waals surface area contributed by atoms with Gasteiger partial charge in [0.1, 0.15) is 23.4 Å². The van der Waals surface area contributed by atoms with Gasteiger partial charge in [-0.3, -0.25) is 4.79 Å². The predicted molar refractivity (Wildman–Crippen MR) is 95.5 cm³/mol. The van der Waals surface area contributed by atoms with Gasteiger partial charge in [0.2, 0.25) is 0 Å². The maximum Gasteiger partial charge on any atom is 0.272 e. The number of likely N-dealkylation sites (tertiary alicyclic amines) is 1. The van der Waals surface area contributed by atoms with Crippen molar-refractivity contribution in [3.05, 3.63) is 47.4 Å². The molecule has 3 rings (SSSR count). The molecule has 0 aliphatic carbocycles. The van der Waals surface area contributed by atoms with Crippen LogP contribution in [0.3, 0.4) is 0 Å². The summed E-state index contributed by atoms with van der Waals surface area (Å²) in [5.41, 5.74) is 1.57. The van der Waals surface area contributed by atoms with Gasteiger partial charge in [0, 0.05) is 19.2 Å². The SMILES string of the molecule is Cc1nc(Nc2ccccc2C#N)cc(C(=O)N2CCC(C)CC2)n1. The topological polar surface area (TPSA) is 81.9 Å². The van der Waals surface area contributed by atoms with Crippen LogP contribution in [0.4, 0.5) is 11.5 Å². The Kier molecular flexibility index (Phi) is 4.94. The molecule has 0 radical (unpaired) electrons. The van der Waals surface area contributed by atoms with Gasteiger partial charge in [-0.1, -0.05) is 19.1 Å². The van der Waals surface area contributed by atoms with Gasteiger partial charge >= 0.3 is 0 Å². The molecule has 25 heavy (non-hydrogen) atoms. The van der Waals surface area contributed by atoms with Gasteiger partial charge in [-0.25, -0.2) is 9.97 Å². The van der Waals surface area contributed by atoms with Gasteiger partial charge in [-0.05, 0) is 37.8 Å². The maximum atomic E-state index is 12.7. The van der Waals surface area contributed by atoms with Crippen molar-refractivity contribution in [1.82, 2.24) is 14.9 Å². The Morgan fingerprint density at radius 3 is 2.72 bits per heavy atom. The zero-order valence-electron chi connectivity index (χ0n) is 14.5. The van der Waals surface area contributed by atoms with Crippen LogP contribution in [-0.2, 0) is 0 Å². The van der Waals surface area contributed by atoms with Crippen molar-refractivity contribution >= 4 is 17.4 Å². The van der Waals surface area contributed by atoms with E-state index in [-0.39, 0.29) is 5.91 Å². The van der Waals surface area contributed by atoms with Crippen LogP contribution in [0.1, 0.15) is 41.6 Å². The van der Waals surface area contributed by atoms with Gasteiger partial charge in [-0.2, -0.15) is 5.26 Å². The van der Waals surface area contributed by atoms with E-state index in [4.69, 9.17) is 0 Å². The summed E-state index contributed by atoms with van der Waals surface area (Å²) in [6.07, 6.45) is 2.05. The number of hydrogen-bond donors (Lipinski definition) is 1. The number of nitrogens with one attached hydrogen (secondary N) is 1. The first-order valence-corrected chi connectivity index (χ1v) is 8.48. The van der Waals surface area contributed by atoms with Gasteiger partial charge < -0.3 is 10.2 Å². The highest BCUT2D eigenvalue weighted by atomic mass is 16.2. The molecule has 1 aromatic carbocycles. The average Bonchev–Trinajstić information content (AvgIpc) is 2.62. The summed E-state index contributed by atoms with van der Waals surface area (Å²) in [6.45, 7) is 5.51. The predicted octanol–water partition coefficient (Wildman–Crippen LogP) is 3.27. The Balaban J connectivity index is 1.83. The highest BCUT2D eigenvalue weighted by molar-refractivity contribution is 5.93. The molecule has 1 saturated heterocycles. The van der Waals surface area contributed by atoms with Crippen molar-refractivity contribution in [2.45, 2.75) is 26.7 Å². The number of amides is 1. The summed E-state index contributed by atoms with van der Waals surface area (Å²) >= 11 is 0. The van der Waals surface area contributed by atoms with Crippen LogP contribution in [0.5, 0.6) is 0 Å². The molecular formula is C19H21N5O. The smallest absolute Gasteiger partial charge is 0.272 e. The number of nitrogens with zero attached hydrogens (tertiary/aromatic N) is 4. The van der Waals surface area contributed by atoms with Crippen LogP contribution in [0.15, 0.2) is 30.3 Å². The van der Waals surface area contributed by atoms with E-state index in [9.17, 15) is 10.1 Å². The number of hydrogen-bond acceptors (Lipinski definition) is 5. The van der Waals surface area contributed by atoms with E-state index in [2.05, 4.69) is 28.3 Å². The normalized spacial score (nSPS) is 14.8. The number of carbonyl (C=O) groups excluding carboxylic acids is 1. The molecule has 1 aliphatic heterocycles. The van der Waals surface area contributed by atoms with Crippen molar-refractivity contribution in [3.8, 4) is 6.07 Å². The molecule has 1 N–H and O–H groups in total. The molecule has 2 aromatic rings. The molecule has 1 aromatic heterocycles. The molecule has 1 fully saturated rings. The minimum Gasteiger partial charge on any atom is -0.339 e. The first-order chi connectivity index (χ1) is 12.1. The molecule has 0 saturated carbocycles. The average molecular weight is 335 g/mol. The number of rotatable bonds is 3. The molecule has 1 aliphatic rings. The standard InChI is InChI=1S/C19H21N5O/c1-13-7-9-24(10-8-13)19(25)17-11-18(22-14(2)21-17)23-16-6-4-3-5-15(16)12-20/h3-6,11,13H,7-10H2,1-2H3,(H,21,22,23). The van der Waals surface area contributed by atoms with Crippen LogP contribution < -0.4 is 5.32 Å². The van der Waals surface area contributed by atoms with Crippen LogP contribution in [0.25, 0.3) is 0 Å². The third-order valence-electron chi connectivity index (χ3n) is 4.44. The Morgan fingerprint density at radius 1 is 1.28 bits per heavy atom. The number of aromatic nitrogens is 2. The molecule has 6 nitrogen and oxygen atoms in total. The second-order valence-corrected chi connectivity index (χ2v) is 6.44. The zero-order valence-corrected chi connectivity index (χ0v) is 14.5. The van der Waals surface area contributed by atoms with Crippen molar-refractivity contribution in [3.63, 3.8) is 0 Å². The first-order valence-electron chi connectivity index (χ1n) is 8.48. The number of para-hydroxylation sites is 1. The summed E-state index contributed by atoms with van der Waals surface area (Å²) < 4.78 is 0. The Hall–Kier alpha value is -2.94. The third kappa shape index (κ3) is 3.94. The molecule has 1 amide bonds. The van der Waals surface area contributed by atoms with E-state index in [0.717, 1.165) is 25.9 Å². The Morgan fingerprint density at radius 2 is 2.00 bits per heavy atom. The van der Waals surface area contributed by atoms with Gasteiger partial charge in [-0.15, -0.1) is 0 Å². The van der Waals surface area contributed by atoms with E-state index in [1.165, 1.54) is 0 Å². The summed E-state index contributed by atoms with van der Waals surface area (Å²) in [5, 5.41) is 12.3. The highest BCUT2D eigenvalue weighted by Gasteiger charge is 2.23. The first kappa shape index (κ1) is 16.9. The largest absolute Gasteiger partial charge is 0.339 e. The van der Waals surface area contributed by atoms with E-state index >= 15 is 0 Å². The zero-order chi connectivity index (χ0) is 17.8. The monoisotopic (exact) mass is 335 g/mol. The second kappa shape index (κ2) is 7.31. The number of anilines is 2. The van der Waals surface area contributed by atoms with E-state index in [1.807, 2.05) is 17.0 Å². The lowest BCUT2D eigenvalue weighted by Gasteiger charge is -2.30. The fourth-order valence-electron chi connectivity index (χ4n) is 2.94. The summed E-state index contributed by atoms with van der Waals surface area (Å²) in [4.78, 5) is 23.2. The summed E-state index contributed by atoms with van der Waals surface area (Å²) in [5.74, 6) is 1.64. The third-order valence-corrected chi connectivity index (χ3v) is 4.44. The minimum absolute atomic E-state index is 0.0611. The quantitative estimate of drug-likeness (QED) is 0.931. The fourth-order valence-corrected chi connectivity index (χ4v) is 2.94. The van der Waals surface area contributed by atoms with Gasteiger partial charge in [0.15, 0.2) is 0 Å². The van der Waals surface area contributed by atoms with Crippen LogP contribution >= 0.6 is 0 Å². The minimum atomic E-state index is -0.0611. The summed E-state index contributed by atoms with van der Waals surface area (Å²) in [6, 6.07) is 11.0. The number of nitriles is 1. The van der Waals surface area contributed by atoms with Crippen LogP contribution in [-0.4, -0.2) is 33.9 Å². The molecule has 0 bridgehead atoms. The second-order valence-electron chi connectivity index (χ2n) is 6.44. The van der Waals surface area contributed by atoms with Crippen molar-refractivity contribution in [2.24, 2.45) is 5.92 Å². The number of carbonyl (C=O) groups is 1. The molecule has 0 unspecified atom stereocenters. The number of aryl methyl sites for hydroxylation is 1. The van der Waals surface area contributed by atoms with Crippen molar-refractivity contribution in [1.29, 1.82) is 5.26 Å². The lowest BCUT2D eigenvalue weighted by molar-refractivity contribution is 0.0691. The number of piperidine rings is 1. The van der Waals surface area contributed by atoms with Crippen LogP contribution in [0, 0.1) is 24.2 Å². The number of benzene rings is 1. The summed E-state index contributed by atoms with van der Waals surface area (Å²) in [7, 11) is 0.